The van der Waals surface area contributed by atoms with E-state index in [4.69, 9.17) is 0 Å². The molecule has 25 heavy (non-hydrogen) atoms. The minimum absolute atomic E-state index is 0.0252. The molecule has 7 nitrogen and oxygen atoms in total. The third-order valence-corrected chi connectivity index (χ3v) is 5.14. The maximum atomic E-state index is 13.1. The van der Waals surface area contributed by atoms with E-state index in [2.05, 4.69) is 16.9 Å². The number of piperazine rings is 1. The first-order chi connectivity index (χ1) is 12.0. The van der Waals surface area contributed by atoms with Crippen LogP contribution in [0.3, 0.4) is 0 Å². The number of hydrogen-bond donors (Lipinski definition) is 0. The van der Waals surface area contributed by atoms with Crippen LogP contribution in [0.25, 0.3) is 0 Å². The van der Waals surface area contributed by atoms with E-state index in [1.165, 1.54) is 0 Å². The van der Waals surface area contributed by atoms with Crippen molar-refractivity contribution in [3.8, 4) is 0 Å². The molecule has 0 radical (unpaired) electrons. The molecule has 3 heterocycles. The maximum Gasteiger partial charge on any atom is 0.245 e. The van der Waals surface area contributed by atoms with Gasteiger partial charge in [0.25, 0.3) is 0 Å². The molecule has 2 aliphatic rings. The predicted molar refractivity (Wildman–Crippen MR) is 96.5 cm³/mol. The zero-order chi connectivity index (χ0) is 18.0. The lowest BCUT2D eigenvalue weighted by Crippen LogP contribution is -2.57. The second kappa shape index (κ2) is 7.56. The van der Waals surface area contributed by atoms with Crippen LogP contribution in [0.2, 0.25) is 0 Å². The van der Waals surface area contributed by atoms with E-state index in [0.29, 0.717) is 19.4 Å². The lowest BCUT2D eigenvalue weighted by Gasteiger charge is -2.39. The average Bonchev–Trinajstić information content (AvgIpc) is 2.98. The standard InChI is InChI=1S/C18H29N5O2/c1-4-7-20-9-11-21(12-10-20)18(25)15(5-2)23-16-13-14(3)19-22(16)8-6-17(23)24/h13,15H,4-12H2,1-3H3/t15-/m0/s1. The van der Waals surface area contributed by atoms with E-state index >= 15 is 0 Å². The number of aromatic nitrogens is 2. The molecular formula is C18H29N5O2. The van der Waals surface area contributed by atoms with E-state index in [9.17, 15) is 9.59 Å². The van der Waals surface area contributed by atoms with Gasteiger partial charge in [0.2, 0.25) is 11.8 Å². The first-order valence-corrected chi connectivity index (χ1v) is 9.42. The lowest BCUT2D eigenvalue weighted by atomic mass is 10.1. The van der Waals surface area contributed by atoms with E-state index in [0.717, 1.165) is 50.7 Å². The first-order valence-electron chi connectivity index (χ1n) is 9.42. The Hall–Kier alpha value is -1.89. The summed E-state index contributed by atoms with van der Waals surface area (Å²) >= 11 is 0. The molecule has 3 rings (SSSR count). The third-order valence-electron chi connectivity index (χ3n) is 5.14. The molecular weight excluding hydrogens is 318 g/mol. The fourth-order valence-electron chi connectivity index (χ4n) is 3.86. The number of anilines is 1. The van der Waals surface area contributed by atoms with Gasteiger partial charge in [0, 0.05) is 38.7 Å². The van der Waals surface area contributed by atoms with Crippen LogP contribution >= 0.6 is 0 Å². The summed E-state index contributed by atoms with van der Waals surface area (Å²) in [7, 11) is 0. The number of nitrogens with zero attached hydrogens (tertiary/aromatic N) is 5. The Kier molecular flexibility index (Phi) is 5.42. The SMILES string of the molecule is CCCN1CCN(C(=O)[C@H](CC)N2C(=O)CCn3nc(C)cc32)CC1. The molecule has 0 spiro atoms. The summed E-state index contributed by atoms with van der Waals surface area (Å²) in [5.74, 6) is 0.857. The third kappa shape index (κ3) is 3.56. The number of amides is 2. The quantitative estimate of drug-likeness (QED) is 0.805. The molecule has 0 aromatic carbocycles. The van der Waals surface area contributed by atoms with Gasteiger partial charge in [0.15, 0.2) is 0 Å². The topological polar surface area (TPSA) is 61.7 Å². The monoisotopic (exact) mass is 347 g/mol. The average molecular weight is 347 g/mol. The van der Waals surface area contributed by atoms with Gasteiger partial charge >= 0.3 is 0 Å². The molecule has 2 amide bonds. The van der Waals surface area contributed by atoms with Crippen LogP contribution in [0.15, 0.2) is 6.07 Å². The molecule has 0 aliphatic carbocycles. The van der Waals surface area contributed by atoms with Gasteiger partial charge in [0.1, 0.15) is 11.9 Å². The molecule has 138 valence electrons. The number of rotatable bonds is 5. The lowest BCUT2D eigenvalue weighted by molar-refractivity contribution is -0.136. The van der Waals surface area contributed by atoms with E-state index in [1.54, 1.807) is 4.90 Å². The van der Waals surface area contributed by atoms with Crippen LogP contribution < -0.4 is 4.90 Å². The zero-order valence-corrected chi connectivity index (χ0v) is 15.6. The Labute approximate surface area is 149 Å². The molecule has 0 N–H and O–H groups in total. The molecule has 1 fully saturated rings. The summed E-state index contributed by atoms with van der Waals surface area (Å²) in [6.45, 7) is 11.1. The predicted octanol–water partition coefficient (Wildman–Crippen LogP) is 1.26. The molecule has 0 saturated carbocycles. The second-order valence-corrected chi connectivity index (χ2v) is 6.97. The van der Waals surface area contributed by atoms with Crippen molar-refractivity contribution in [1.29, 1.82) is 0 Å². The molecule has 1 aromatic rings. The van der Waals surface area contributed by atoms with Gasteiger partial charge in [-0.25, -0.2) is 4.68 Å². The maximum absolute atomic E-state index is 13.1. The molecule has 1 atom stereocenters. The normalized spacial score (nSPS) is 19.9. The highest BCUT2D eigenvalue weighted by Gasteiger charge is 2.37. The van der Waals surface area contributed by atoms with Crippen LogP contribution in [0, 0.1) is 6.92 Å². The molecule has 1 saturated heterocycles. The summed E-state index contributed by atoms with van der Waals surface area (Å²) in [6.07, 6.45) is 2.16. The highest BCUT2D eigenvalue weighted by molar-refractivity contribution is 6.01. The van der Waals surface area contributed by atoms with Crippen molar-refractivity contribution in [2.75, 3.05) is 37.6 Å². The summed E-state index contributed by atoms with van der Waals surface area (Å²) in [4.78, 5) is 31.7. The van der Waals surface area contributed by atoms with Gasteiger partial charge in [-0.3, -0.25) is 19.4 Å². The van der Waals surface area contributed by atoms with Crippen molar-refractivity contribution in [3.05, 3.63) is 11.8 Å². The van der Waals surface area contributed by atoms with Gasteiger partial charge in [-0.1, -0.05) is 13.8 Å². The van der Waals surface area contributed by atoms with Crippen LogP contribution in [-0.4, -0.2) is 70.2 Å². The van der Waals surface area contributed by atoms with Gasteiger partial charge in [-0.05, 0) is 26.3 Å². The fraction of sp³-hybridized carbons (Fsp3) is 0.722. The highest BCUT2D eigenvalue weighted by Crippen LogP contribution is 2.27. The van der Waals surface area contributed by atoms with E-state index < -0.39 is 6.04 Å². The summed E-state index contributed by atoms with van der Waals surface area (Å²) in [6, 6.07) is 1.48. The van der Waals surface area contributed by atoms with E-state index in [-0.39, 0.29) is 11.8 Å². The van der Waals surface area contributed by atoms with Crippen molar-refractivity contribution < 1.29 is 9.59 Å². The van der Waals surface area contributed by atoms with Gasteiger partial charge in [-0.15, -0.1) is 0 Å². The first kappa shape index (κ1) is 17.9. The van der Waals surface area contributed by atoms with Crippen LogP contribution in [-0.2, 0) is 16.1 Å². The Balaban J connectivity index is 1.76. The van der Waals surface area contributed by atoms with Crippen molar-refractivity contribution in [1.82, 2.24) is 19.6 Å². The second-order valence-electron chi connectivity index (χ2n) is 6.97. The number of carbonyl (C=O) groups excluding carboxylic acids is 2. The van der Waals surface area contributed by atoms with Gasteiger partial charge in [-0.2, -0.15) is 5.10 Å². The molecule has 2 aliphatic heterocycles. The van der Waals surface area contributed by atoms with Gasteiger partial charge < -0.3 is 4.90 Å². The van der Waals surface area contributed by atoms with Gasteiger partial charge in [0.05, 0.1) is 12.2 Å². The van der Waals surface area contributed by atoms with Crippen molar-refractivity contribution in [2.24, 2.45) is 0 Å². The fourth-order valence-corrected chi connectivity index (χ4v) is 3.86. The summed E-state index contributed by atoms with van der Waals surface area (Å²) < 4.78 is 1.85. The summed E-state index contributed by atoms with van der Waals surface area (Å²) in [5, 5.41) is 4.45. The molecule has 1 aromatic heterocycles. The summed E-state index contributed by atoms with van der Waals surface area (Å²) in [5.41, 5.74) is 0.880. The Morgan fingerprint density at radius 3 is 2.56 bits per heavy atom. The van der Waals surface area contributed by atoms with E-state index in [1.807, 2.05) is 29.5 Å². The van der Waals surface area contributed by atoms with Crippen molar-refractivity contribution in [3.63, 3.8) is 0 Å². The molecule has 0 bridgehead atoms. The Morgan fingerprint density at radius 2 is 1.92 bits per heavy atom. The van der Waals surface area contributed by atoms with Crippen LogP contribution in [0.1, 0.15) is 38.8 Å². The largest absolute Gasteiger partial charge is 0.338 e. The minimum Gasteiger partial charge on any atom is -0.338 e. The zero-order valence-electron chi connectivity index (χ0n) is 15.6. The number of fused-ring (bicyclic) bond motifs is 1. The Bertz CT molecular complexity index is 633. The minimum atomic E-state index is -0.430. The van der Waals surface area contributed by atoms with Crippen LogP contribution in [0.5, 0.6) is 0 Å². The van der Waals surface area contributed by atoms with Crippen molar-refractivity contribution >= 4 is 17.6 Å². The number of hydrogen-bond acceptors (Lipinski definition) is 4. The number of carbonyl (C=O) groups is 2. The highest BCUT2D eigenvalue weighted by atomic mass is 16.2. The Morgan fingerprint density at radius 1 is 1.20 bits per heavy atom. The molecule has 7 heteroatoms. The smallest absolute Gasteiger partial charge is 0.245 e. The van der Waals surface area contributed by atoms with Crippen LogP contribution in [0.4, 0.5) is 5.82 Å². The van der Waals surface area contributed by atoms with Crippen molar-refractivity contribution in [2.45, 2.75) is 52.6 Å². The number of aryl methyl sites for hydroxylation is 2. The molecule has 0 unspecified atom stereocenters.